The minimum Gasteiger partial charge on any atom is -0.395 e. The predicted octanol–water partition coefficient (Wildman–Crippen LogP) is 0.152. The summed E-state index contributed by atoms with van der Waals surface area (Å²) in [6, 6.07) is 1.39. The van der Waals surface area contributed by atoms with Crippen LogP contribution in [-0.4, -0.2) is 40.9 Å². The number of rotatable bonds is 4. The fraction of sp³-hybridized carbons (Fsp3) is 0.583. The number of hydrogen-bond donors (Lipinski definition) is 2. The van der Waals surface area contributed by atoms with Gasteiger partial charge in [0.05, 0.1) is 23.7 Å². The summed E-state index contributed by atoms with van der Waals surface area (Å²) in [5.74, 6) is -0.214. The molecule has 1 aliphatic carbocycles. The van der Waals surface area contributed by atoms with E-state index < -0.39 is 15.1 Å². The Morgan fingerprint density at radius 3 is 2.63 bits per heavy atom. The molecule has 106 valence electrons. The van der Waals surface area contributed by atoms with Crippen LogP contribution in [0.25, 0.3) is 0 Å². The molecule has 2 atom stereocenters. The van der Waals surface area contributed by atoms with Gasteiger partial charge in [0.25, 0.3) is 5.56 Å². The summed E-state index contributed by atoms with van der Waals surface area (Å²) >= 11 is 0. The van der Waals surface area contributed by atoms with Gasteiger partial charge in [-0.2, -0.15) is 0 Å². The van der Waals surface area contributed by atoms with Gasteiger partial charge in [-0.15, -0.1) is 0 Å². The summed E-state index contributed by atoms with van der Waals surface area (Å²) in [5.41, 5.74) is 0.678. The number of aliphatic hydroxyl groups is 1. The Morgan fingerprint density at radius 1 is 1.42 bits per heavy atom. The van der Waals surface area contributed by atoms with Gasteiger partial charge in [-0.3, -0.25) is 9.89 Å². The van der Waals surface area contributed by atoms with Crippen molar-refractivity contribution in [2.45, 2.75) is 31.1 Å². The van der Waals surface area contributed by atoms with Crippen molar-refractivity contribution in [3.05, 3.63) is 34.3 Å². The van der Waals surface area contributed by atoms with Crippen LogP contribution in [0.2, 0.25) is 0 Å². The molecule has 1 heterocycles. The van der Waals surface area contributed by atoms with Crippen molar-refractivity contribution in [1.82, 2.24) is 9.78 Å². The summed E-state index contributed by atoms with van der Waals surface area (Å²) in [7, 11) is -3.28. The van der Waals surface area contributed by atoms with Gasteiger partial charge in [0.2, 0.25) is 0 Å². The van der Waals surface area contributed by atoms with Crippen molar-refractivity contribution < 1.29 is 13.5 Å². The Bertz CT molecular complexity index is 626. The average Bonchev–Trinajstić information content (AvgIpc) is 2.68. The number of H-pyrrole nitrogens is 1. The average molecular weight is 286 g/mol. The molecule has 0 saturated heterocycles. The molecule has 0 radical (unpaired) electrons. The van der Waals surface area contributed by atoms with Crippen LogP contribution in [0, 0.1) is 6.92 Å². The molecule has 0 aliphatic heterocycles. The standard InChI is InChI=1S/C12H18N2O4S/c1-9-8-12(16)14(13-9)10-2-4-11(5-3-10)19(17,18)7-6-15/h2,4,8,10-11,13,15H,3,5-7H2,1H3/t10-,11-/m0/s1. The van der Waals surface area contributed by atoms with Gasteiger partial charge < -0.3 is 5.11 Å². The quantitative estimate of drug-likeness (QED) is 0.771. The van der Waals surface area contributed by atoms with Crippen molar-refractivity contribution in [3.63, 3.8) is 0 Å². The zero-order chi connectivity index (χ0) is 14.0. The lowest BCUT2D eigenvalue weighted by Gasteiger charge is -2.23. The van der Waals surface area contributed by atoms with Crippen molar-refractivity contribution in [2.24, 2.45) is 0 Å². The van der Waals surface area contributed by atoms with Crippen LogP contribution >= 0.6 is 0 Å². The maximum Gasteiger partial charge on any atom is 0.267 e. The number of aromatic amines is 1. The Hall–Kier alpha value is -1.34. The second-order valence-electron chi connectivity index (χ2n) is 4.81. The second-order valence-corrected chi connectivity index (χ2v) is 7.15. The monoisotopic (exact) mass is 286 g/mol. The lowest BCUT2D eigenvalue weighted by Crippen LogP contribution is -2.30. The topological polar surface area (TPSA) is 92.2 Å². The third kappa shape index (κ3) is 2.98. The minimum atomic E-state index is -3.28. The molecule has 19 heavy (non-hydrogen) atoms. The van der Waals surface area contributed by atoms with E-state index in [-0.39, 0.29) is 24.0 Å². The van der Waals surface area contributed by atoms with Gasteiger partial charge >= 0.3 is 0 Å². The van der Waals surface area contributed by atoms with Gasteiger partial charge in [-0.25, -0.2) is 13.1 Å². The SMILES string of the molecule is Cc1cc(=O)n([C@H]2C=C[C@H](S(=O)(=O)CCO)CC2)[nH]1. The number of nitrogens with one attached hydrogen (secondary N) is 1. The molecule has 0 aromatic carbocycles. The van der Waals surface area contributed by atoms with Gasteiger partial charge in [-0.05, 0) is 19.8 Å². The van der Waals surface area contributed by atoms with Crippen molar-refractivity contribution in [3.8, 4) is 0 Å². The molecule has 1 aromatic heterocycles. The first-order chi connectivity index (χ1) is 8.94. The lowest BCUT2D eigenvalue weighted by atomic mass is 10.0. The first-order valence-electron chi connectivity index (χ1n) is 6.23. The van der Waals surface area contributed by atoms with E-state index in [9.17, 15) is 13.2 Å². The summed E-state index contributed by atoms with van der Waals surface area (Å²) in [6.07, 6.45) is 4.43. The fourth-order valence-electron chi connectivity index (χ4n) is 2.35. The highest BCUT2D eigenvalue weighted by Gasteiger charge is 2.27. The number of nitrogens with zero attached hydrogens (tertiary/aromatic N) is 1. The molecule has 6 nitrogen and oxygen atoms in total. The van der Waals surface area contributed by atoms with E-state index in [1.165, 1.54) is 10.7 Å². The van der Waals surface area contributed by atoms with Gasteiger partial charge in [0.1, 0.15) is 0 Å². The highest BCUT2D eigenvalue weighted by atomic mass is 32.2. The van der Waals surface area contributed by atoms with Crippen LogP contribution in [-0.2, 0) is 9.84 Å². The Balaban J connectivity index is 2.17. The molecule has 7 heteroatoms. The summed E-state index contributed by atoms with van der Waals surface area (Å²) in [4.78, 5) is 11.7. The Labute approximate surface area is 111 Å². The highest BCUT2D eigenvalue weighted by molar-refractivity contribution is 7.92. The highest BCUT2D eigenvalue weighted by Crippen LogP contribution is 2.25. The van der Waals surface area contributed by atoms with E-state index in [1.807, 2.05) is 0 Å². The molecule has 0 saturated carbocycles. The number of hydrogen-bond acceptors (Lipinski definition) is 4. The molecule has 0 amide bonds. The fourth-order valence-corrected chi connectivity index (χ4v) is 3.73. The van der Waals surface area contributed by atoms with E-state index in [1.54, 1.807) is 19.1 Å². The number of aryl methyl sites for hydroxylation is 1. The predicted molar refractivity (Wildman–Crippen MR) is 71.9 cm³/mol. The normalized spacial score (nSPS) is 23.7. The molecule has 0 spiro atoms. The molecule has 0 fully saturated rings. The molecule has 1 aliphatic rings. The van der Waals surface area contributed by atoms with E-state index in [0.29, 0.717) is 12.8 Å². The van der Waals surface area contributed by atoms with Crippen LogP contribution in [0.1, 0.15) is 24.6 Å². The molecule has 2 N–H and O–H groups in total. The van der Waals surface area contributed by atoms with E-state index in [0.717, 1.165) is 5.69 Å². The smallest absolute Gasteiger partial charge is 0.267 e. The lowest BCUT2D eigenvalue weighted by molar-refractivity contribution is 0.319. The number of sulfone groups is 1. The van der Waals surface area contributed by atoms with Gasteiger partial charge in [0, 0.05) is 11.8 Å². The third-order valence-corrected chi connectivity index (χ3v) is 5.40. The van der Waals surface area contributed by atoms with Crippen LogP contribution in [0.3, 0.4) is 0 Å². The summed E-state index contributed by atoms with van der Waals surface area (Å²) in [6.45, 7) is 1.45. The Morgan fingerprint density at radius 2 is 2.16 bits per heavy atom. The van der Waals surface area contributed by atoms with Crippen LogP contribution in [0.5, 0.6) is 0 Å². The molecule has 1 aromatic rings. The van der Waals surface area contributed by atoms with Crippen LogP contribution < -0.4 is 5.56 Å². The molecule has 0 bridgehead atoms. The van der Waals surface area contributed by atoms with Crippen LogP contribution in [0.4, 0.5) is 0 Å². The molecule has 2 rings (SSSR count). The van der Waals surface area contributed by atoms with E-state index in [4.69, 9.17) is 5.11 Å². The summed E-state index contributed by atoms with van der Waals surface area (Å²) in [5, 5.41) is 11.2. The zero-order valence-corrected chi connectivity index (χ0v) is 11.6. The van der Waals surface area contributed by atoms with Crippen molar-refractivity contribution >= 4 is 9.84 Å². The number of aliphatic hydroxyl groups excluding tert-OH is 1. The number of aromatic nitrogens is 2. The maximum atomic E-state index is 11.8. The van der Waals surface area contributed by atoms with E-state index in [2.05, 4.69) is 5.10 Å². The number of allylic oxidation sites excluding steroid dienone is 1. The zero-order valence-electron chi connectivity index (χ0n) is 10.7. The third-order valence-electron chi connectivity index (χ3n) is 3.34. The molecular formula is C12H18N2O4S. The molecule has 0 unspecified atom stereocenters. The Kier molecular flexibility index (Phi) is 3.96. The van der Waals surface area contributed by atoms with Crippen molar-refractivity contribution in [2.75, 3.05) is 12.4 Å². The summed E-state index contributed by atoms with van der Waals surface area (Å²) < 4.78 is 25.1. The first kappa shape index (κ1) is 14.1. The van der Waals surface area contributed by atoms with Gasteiger partial charge in [0.15, 0.2) is 9.84 Å². The minimum absolute atomic E-state index is 0.108. The molecular weight excluding hydrogens is 268 g/mol. The van der Waals surface area contributed by atoms with Crippen LogP contribution in [0.15, 0.2) is 23.0 Å². The van der Waals surface area contributed by atoms with E-state index >= 15 is 0 Å². The maximum absolute atomic E-state index is 11.8. The largest absolute Gasteiger partial charge is 0.395 e. The second kappa shape index (κ2) is 5.34. The first-order valence-corrected chi connectivity index (χ1v) is 7.94. The van der Waals surface area contributed by atoms with Crippen molar-refractivity contribution in [1.29, 1.82) is 0 Å². The van der Waals surface area contributed by atoms with Gasteiger partial charge in [-0.1, -0.05) is 12.2 Å².